The van der Waals surface area contributed by atoms with Gasteiger partial charge in [-0.2, -0.15) is 0 Å². The predicted octanol–water partition coefficient (Wildman–Crippen LogP) is 5.11. The number of benzene rings is 2. The number of nitrogens with zero attached hydrogens (tertiary/aromatic N) is 2. The first-order valence-corrected chi connectivity index (χ1v) is 11.5. The highest BCUT2D eigenvalue weighted by atomic mass is 16.5. The third-order valence-corrected chi connectivity index (χ3v) is 6.42. The van der Waals surface area contributed by atoms with Gasteiger partial charge in [-0.15, -0.1) is 0 Å². The summed E-state index contributed by atoms with van der Waals surface area (Å²) in [5.74, 6) is 0.613. The Balaban J connectivity index is 1.83. The predicted molar refractivity (Wildman–Crippen MR) is 128 cm³/mol. The number of piperidine rings is 1. The molecule has 1 fully saturated rings. The van der Waals surface area contributed by atoms with Gasteiger partial charge >= 0.3 is 0 Å². The van der Waals surface area contributed by atoms with Crippen LogP contribution >= 0.6 is 0 Å². The first-order chi connectivity index (χ1) is 15.3. The molecule has 2 aliphatic heterocycles. The second-order valence-electron chi connectivity index (χ2n) is 9.27. The highest BCUT2D eigenvalue weighted by Gasteiger charge is 2.44. The van der Waals surface area contributed by atoms with Gasteiger partial charge < -0.3 is 9.64 Å². The molecule has 0 radical (unpaired) electrons. The maximum absolute atomic E-state index is 13.8. The molecule has 4 rings (SSSR count). The van der Waals surface area contributed by atoms with Crippen LogP contribution in [-0.2, 0) is 9.59 Å². The van der Waals surface area contributed by atoms with E-state index >= 15 is 0 Å². The van der Waals surface area contributed by atoms with Crippen molar-refractivity contribution in [3.63, 3.8) is 0 Å². The Labute approximate surface area is 190 Å². The van der Waals surface area contributed by atoms with Crippen molar-refractivity contribution < 1.29 is 14.3 Å². The van der Waals surface area contributed by atoms with Crippen LogP contribution in [0.5, 0.6) is 5.75 Å². The van der Waals surface area contributed by atoms with Crippen LogP contribution in [0.15, 0.2) is 48.2 Å². The van der Waals surface area contributed by atoms with Gasteiger partial charge in [-0.05, 0) is 75.3 Å². The lowest BCUT2D eigenvalue weighted by molar-refractivity contribution is -0.120. The number of carbonyl (C=O) groups is 2. The van der Waals surface area contributed by atoms with E-state index in [0.29, 0.717) is 28.6 Å². The Morgan fingerprint density at radius 1 is 0.938 bits per heavy atom. The lowest BCUT2D eigenvalue weighted by Crippen LogP contribution is -2.38. The van der Waals surface area contributed by atoms with Crippen molar-refractivity contribution >= 4 is 23.1 Å². The molecular formula is C27H32N2O3. The van der Waals surface area contributed by atoms with Crippen molar-refractivity contribution in [3.05, 3.63) is 64.9 Å². The molecule has 5 heteroatoms. The normalized spacial score (nSPS) is 17.7. The minimum Gasteiger partial charge on any atom is -0.489 e. The zero-order chi connectivity index (χ0) is 23.0. The van der Waals surface area contributed by atoms with Crippen molar-refractivity contribution in [1.29, 1.82) is 0 Å². The lowest BCUT2D eigenvalue weighted by Gasteiger charge is -2.32. The number of hydrogen-bond acceptors (Lipinski definition) is 4. The molecule has 2 aromatic rings. The van der Waals surface area contributed by atoms with E-state index in [2.05, 4.69) is 11.8 Å². The van der Waals surface area contributed by atoms with E-state index in [1.54, 1.807) is 6.07 Å². The van der Waals surface area contributed by atoms with Crippen molar-refractivity contribution in [1.82, 2.24) is 4.90 Å². The number of carbonyl (C=O) groups excluding carboxylic acids is 2. The van der Waals surface area contributed by atoms with Crippen LogP contribution < -0.4 is 9.64 Å². The number of anilines is 1. The molecule has 0 aromatic heterocycles. The van der Waals surface area contributed by atoms with Crippen molar-refractivity contribution in [2.45, 2.75) is 53.6 Å². The minimum absolute atomic E-state index is 0.0702. The van der Waals surface area contributed by atoms with E-state index < -0.39 is 0 Å². The first-order valence-electron chi connectivity index (χ1n) is 11.5. The van der Waals surface area contributed by atoms with Gasteiger partial charge in [0, 0.05) is 13.1 Å². The molecule has 5 nitrogen and oxygen atoms in total. The standard InChI is InChI=1S/C27H32N2O3/c1-17(2)32-23-9-7-6-8-22(23)29-26(30)24(21-11-10-19(4)20(5)16-21)25(27(29)31)28-14-12-18(3)13-15-28/h6-11,16-18H,12-15H2,1-5H3. The lowest BCUT2D eigenvalue weighted by atomic mass is 9.96. The van der Waals surface area contributed by atoms with E-state index in [4.69, 9.17) is 4.74 Å². The van der Waals surface area contributed by atoms with E-state index in [9.17, 15) is 9.59 Å². The molecule has 2 aromatic carbocycles. The van der Waals surface area contributed by atoms with Crippen LogP contribution in [0.2, 0.25) is 0 Å². The quantitative estimate of drug-likeness (QED) is 0.617. The molecule has 0 bridgehead atoms. The number of imide groups is 1. The summed E-state index contributed by atoms with van der Waals surface area (Å²) in [6, 6.07) is 13.3. The fraction of sp³-hybridized carbons (Fsp3) is 0.407. The van der Waals surface area contributed by atoms with Gasteiger partial charge in [-0.1, -0.05) is 37.3 Å². The molecule has 2 heterocycles. The Bertz CT molecular complexity index is 1080. The topological polar surface area (TPSA) is 49.9 Å². The fourth-order valence-electron chi connectivity index (χ4n) is 4.42. The van der Waals surface area contributed by atoms with Crippen LogP contribution in [0.3, 0.4) is 0 Å². The SMILES string of the molecule is Cc1ccc(C2=C(N3CCC(C)CC3)C(=O)N(c3ccccc3OC(C)C)C2=O)cc1C. The first kappa shape index (κ1) is 22.1. The van der Waals surface area contributed by atoms with Crippen LogP contribution in [0.1, 0.15) is 50.3 Å². The third kappa shape index (κ3) is 4.04. The molecule has 0 spiro atoms. The van der Waals surface area contributed by atoms with Gasteiger partial charge in [0.2, 0.25) is 0 Å². The van der Waals surface area contributed by atoms with E-state index in [-0.39, 0.29) is 17.9 Å². The average molecular weight is 433 g/mol. The molecule has 0 saturated carbocycles. The molecule has 0 unspecified atom stereocenters. The van der Waals surface area contributed by atoms with Gasteiger partial charge in [0.1, 0.15) is 11.4 Å². The summed E-state index contributed by atoms with van der Waals surface area (Å²) in [4.78, 5) is 31.1. The fourth-order valence-corrected chi connectivity index (χ4v) is 4.42. The smallest absolute Gasteiger partial charge is 0.282 e. The van der Waals surface area contributed by atoms with Crippen LogP contribution in [0, 0.1) is 19.8 Å². The summed E-state index contributed by atoms with van der Waals surface area (Å²) in [6.07, 6.45) is 1.95. The van der Waals surface area contributed by atoms with Gasteiger partial charge in [-0.3, -0.25) is 9.59 Å². The van der Waals surface area contributed by atoms with Gasteiger partial charge in [0.15, 0.2) is 0 Å². The number of aryl methyl sites for hydroxylation is 2. The maximum atomic E-state index is 13.8. The van der Waals surface area contributed by atoms with Gasteiger partial charge in [-0.25, -0.2) is 4.90 Å². The van der Waals surface area contributed by atoms with Crippen molar-refractivity contribution in [3.8, 4) is 5.75 Å². The van der Waals surface area contributed by atoms with Crippen LogP contribution in [0.25, 0.3) is 5.57 Å². The van der Waals surface area contributed by atoms with Crippen molar-refractivity contribution in [2.75, 3.05) is 18.0 Å². The average Bonchev–Trinajstić information content (AvgIpc) is 3.01. The Morgan fingerprint density at radius 3 is 2.28 bits per heavy atom. The highest BCUT2D eigenvalue weighted by molar-refractivity contribution is 6.45. The number of rotatable bonds is 5. The highest BCUT2D eigenvalue weighted by Crippen LogP contribution is 2.40. The second kappa shape index (κ2) is 8.81. The van der Waals surface area contributed by atoms with Crippen LogP contribution in [0.4, 0.5) is 5.69 Å². The minimum atomic E-state index is -0.285. The zero-order valence-corrected chi connectivity index (χ0v) is 19.6. The molecule has 0 aliphatic carbocycles. The van der Waals surface area contributed by atoms with Gasteiger partial charge in [0.25, 0.3) is 11.8 Å². The Kier molecular flexibility index (Phi) is 6.09. The summed E-state index contributed by atoms with van der Waals surface area (Å²) >= 11 is 0. The molecule has 32 heavy (non-hydrogen) atoms. The summed E-state index contributed by atoms with van der Waals surface area (Å²) in [6.45, 7) is 11.8. The number of para-hydroxylation sites is 2. The van der Waals surface area contributed by atoms with E-state index in [1.807, 2.05) is 64.1 Å². The molecule has 0 N–H and O–H groups in total. The molecular weight excluding hydrogens is 400 g/mol. The van der Waals surface area contributed by atoms with E-state index in [0.717, 1.165) is 42.6 Å². The number of hydrogen-bond donors (Lipinski definition) is 0. The number of likely N-dealkylation sites (tertiary alicyclic amines) is 1. The van der Waals surface area contributed by atoms with Crippen molar-refractivity contribution in [2.24, 2.45) is 5.92 Å². The Morgan fingerprint density at radius 2 is 1.62 bits per heavy atom. The summed E-state index contributed by atoms with van der Waals surface area (Å²) in [5.41, 5.74) is 4.56. The monoisotopic (exact) mass is 432 g/mol. The molecule has 1 saturated heterocycles. The maximum Gasteiger partial charge on any atom is 0.282 e. The molecule has 2 amide bonds. The molecule has 2 aliphatic rings. The van der Waals surface area contributed by atoms with Crippen LogP contribution in [-0.4, -0.2) is 35.9 Å². The zero-order valence-electron chi connectivity index (χ0n) is 19.6. The Hall–Kier alpha value is -3.08. The largest absolute Gasteiger partial charge is 0.489 e. The van der Waals surface area contributed by atoms with E-state index in [1.165, 1.54) is 4.90 Å². The second-order valence-corrected chi connectivity index (χ2v) is 9.27. The summed E-state index contributed by atoms with van der Waals surface area (Å²) < 4.78 is 5.95. The molecule has 0 atom stereocenters. The summed E-state index contributed by atoms with van der Waals surface area (Å²) in [5, 5.41) is 0. The number of ether oxygens (including phenoxy) is 1. The molecule has 168 valence electrons. The third-order valence-electron chi connectivity index (χ3n) is 6.42. The van der Waals surface area contributed by atoms with Gasteiger partial charge in [0.05, 0.1) is 17.4 Å². The number of amides is 2. The summed E-state index contributed by atoms with van der Waals surface area (Å²) in [7, 11) is 0.